The summed E-state index contributed by atoms with van der Waals surface area (Å²) in [5, 5.41) is 12.9. The first-order chi connectivity index (χ1) is 23.0. The van der Waals surface area contributed by atoms with E-state index in [2.05, 4.69) is 33.4 Å². The van der Waals surface area contributed by atoms with E-state index < -0.39 is 18.1 Å². The number of likely N-dealkylation sites (N-methyl/N-ethyl adjacent to an activating group) is 1. The van der Waals surface area contributed by atoms with E-state index in [4.69, 9.17) is 4.74 Å². The third-order valence-electron chi connectivity index (χ3n) is 9.65. The molecule has 3 unspecified atom stereocenters. The first kappa shape index (κ1) is 34.1. The van der Waals surface area contributed by atoms with Gasteiger partial charge in [-0.2, -0.15) is 0 Å². The van der Waals surface area contributed by atoms with Crippen molar-refractivity contribution in [2.75, 3.05) is 27.2 Å². The number of fused-ring (bicyclic) bond motifs is 1. The number of carbonyl (C=O) groups is 3. The van der Waals surface area contributed by atoms with Crippen LogP contribution in [-0.2, 0) is 33.8 Å². The molecule has 2 saturated heterocycles. The zero-order valence-electron chi connectivity index (χ0n) is 27.6. The fraction of sp³-hybridized carbons (Fsp3) is 0.447. The van der Waals surface area contributed by atoms with Crippen molar-refractivity contribution in [1.82, 2.24) is 26.2 Å². The Morgan fingerprint density at radius 3 is 2.21 bits per heavy atom. The van der Waals surface area contributed by atoms with E-state index in [9.17, 15) is 14.4 Å². The first-order valence-electron chi connectivity index (χ1n) is 17.0. The van der Waals surface area contributed by atoms with Gasteiger partial charge in [0.05, 0.1) is 13.2 Å². The minimum Gasteiger partial charge on any atom is -0.497 e. The predicted molar refractivity (Wildman–Crippen MR) is 184 cm³/mol. The molecule has 9 nitrogen and oxygen atoms in total. The molecular weight excluding hydrogens is 590 g/mol. The fourth-order valence-corrected chi connectivity index (χ4v) is 6.97. The largest absolute Gasteiger partial charge is 0.497 e. The maximum atomic E-state index is 14.4. The SMILES string of the molecule is CNC(Cc1ccccc1)C(=O)N[C@@H]1C(=O)N2C(CCC1CCNCc1ccccc1)CC[C@H]2C(=O)NCCc1ccc(OC)cc1. The summed E-state index contributed by atoms with van der Waals surface area (Å²) < 4.78 is 5.24. The van der Waals surface area contributed by atoms with Crippen molar-refractivity contribution in [3.63, 3.8) is 0 Å². The van der Waals surface area contributed by atoms with Gasteiger partial charge in [0.25, 0.3) is 0 Å². The van der Waals surface area contributed by atoms with Crippen molar-refractivity contribution >= 4 is 17.7 Å². The lowest BCUT2D eigenvalue weighted by Gasteiger charge is -2.33. The molecular formula is C38H49N5O4. The summed E-state index contributed by atoms with van der Waals surface area (Å²) in [5.74, 6) is 0.279. The van der Waals surface area contributed by atoms with Crippen LogP contribution < -0.4 is 26.0 Å². The Morgan fingerprint density at radius 2 is 1.53 bits per heavy atom. The highest BCUT2D eigenvalue weighted by Gasteiger charge is 2.47. The van der Waals surface area contributed by atoms with Gasteiger partial charge in [-0.3, -0.25) is 14.4 Å². The number of rotatable bonds is 15. The molecule has 0 radical (unpaired) electrons. The third kappa shape index (κ3) is 9.20. The van der Waals surface area contributed by atoms with E-state index in [1.165, 1.54) is 5.56 Å². The molecule has 2 aliphatic heterocycles. The molecule has 47 heavy (non-hydrogen) atoms. The summed E-state index contributed by atoms with van der Waals surface area (Å²) in [6, 6.07) is 26.2. The standard InChI is InChI=1S/C38H49N5O4/c1-39-33(25-28-9-5-3-6-10-28)36(44)42-35-30(22-23-40-26-29-11-7-4-8-12-29)15-16-31-17-20-34(43(31)38(35)46)37(45)41-24-21-27-13-18-32(47-2)19-14-27/h3-14,18-19,30-31,33-35,39-40H,15-17,20-26H2,1-2H3,(H,41,45)(H,42,44)/t30?,31?,33?,34-,35-/m0/s1. The number of ether oxygens (including phenoxy) is 1. The van der Waals surface area contributed by atoms with Crippen LogP contribution in [0.5, 0.6) is 5.75 Å². The zero-order chi connectivity index (χ0) is 33.0. The van der Waals surface area contributed by atoms with E-state index in [1.54, 1.807) is 19.1 Å². The molecule has 2 heterocycles. The van der Waals surface area contributed by atoms with Gasteiger partial charge < -0.3 is 30.9 Å². The molecule has 3 aromatic rings. The Hall–Kier alpha value is -4.21. The lowest BCUT2D eigenvalue weighted by Crippen LogP contribution is -2.58. The number of hydrogen-bond donors (Lipinski definition) is 4. The minimum absolute atomic E-state index is 0.00839. The molecule has 2 aliphatic rings. The minimum atomic E-state index is -0.703. The lowest BCUT2D eigenvalue weighted by atomic mass is 9.90. The summed E-state index contributed by atoms with van der Waals surface area (Å²) in [6.45, 7) is 1.94. The molecule has 250 valence electrons. The van der Waals surface area contributed by atoms with Crippen molar-refractivity contribution in [3.05, 3.63) is 102 Å². The van der Waals surface area contributed by atoms with E-state index in [0.29, 0.717) is 25.8 Å². The van der Waals surface area contributed by atoms with Crippen LogP contribution in [0.1, 0.15) is 48.8 Å². The Bertz CT molecular complexity index is 1440. The van der Waals surface area contributed by atoms with E-state index >= 15 is 0 Å². The molecule has 5 rings (SSSR count). The Kier molecular flexibility index (Phi) is 12.4. The second-order valence-electron chi connectivity index (χ2n) is 12.7. The average Bonchev–Trinajstić information content (AvgIpc) is 3.49. The van der Waals surface area contributed by atoms with Gasteiger partial charge in [-0.05, 0) is 93.3 Å². The maximum absolute atomic E-state index is 14.4. The predicted octanol–water partition coefficient (Wildman–Crippen LogP) is 3.62. The number of amides is 3. The van der Waals surface area contributed by atoms with Crippen LogP contribution in [0.25, 0.3) is 0 Å². The van der Waals surface area contributed by atoms with Crippen LogP contribution >= 0.6 is 0 Å². The summed E-state index contributed by atoms with van der Waals surface area (Å²) >= 11 is 0. The highest BCUT2D eigenvalue weighted by Crippen LogP contribution is 2.35. The van der Waals surface area contributed by atoms with Gasteiger partial charge in [-0.15, -0.1) is 0 Å². The molecule has 3 aromatic carbocycles. The van der Waals surface area contributed by atoms with Gasteiger partial charge in [0, 0.05) is 19.1 Å². The van der Waals surface area contributed by atoms with Crippen LogP contribution in [0.4, 0.5) is 0 Å². The van der Waals surface area contributed by atoms with Crippen molar-refractivity contribution in [2.24, 2.45) is 5.92 Å². The highest BCUT2D eigenvalue weighted by molar-refractivity contribution is 5.94. The van der Waals surface area contributed by atoms with E-state index in [0.717, 1.165) is 55.6 Å². The van der Waals surface area contributed by atoms with Gasteiger partial charge in [0.1, 0.15) is 17.8 Å². The average molecular weight is 640 g/mol. The molecule has 0 aromatic heterocycles. The molecule has 9 heteroatoms. The number of benzene rings is 3. The Morgan fingerprint density at radius 1 is 0.851 bits per heavy atom. The van der Waals surface area contributed by atoms with Crippen LogP contribution in [0.3, 0.4) is 0 Å². The highest BCUT2D eigenvalue weighted by atomic mass is 16.5. The second-order valence-corrected chi connectivity index (χ2v) is 12.7. The number of hydrogen-bond acceptors (Lipinski definition) is 6. The van der Waals surface area contributed by atoms with Crippen molar-refractivity contribution in [2.45, 2.75) is 75.7 Å². The molecule has 2 fully saturated rings. The van der Waals surface area contributed by atoms with Gasteiger partial charge in [0.15, 0.2) is 0 Å². The van der Waals surface area contributed by atoms with Crippen LogP contribution in [-0.4, -0.2) is 74.0 Å². The third-order valence-corrected chi connectivity index (χ3v) is 9.65. The smallest absolute Gasteiger partial charge is 0.246 e. The van der Waals surface area contributed by atoms with Crippen LogP contribution in [0.2, 0.25) is 0 Å². The number of nitrogens with zero attached hydrogens (tertiary/aromatic N) is 1. The molecule has 0 saturated carbocycles. The van der Waals surface area contributed by atoms with E-state index in [-0.39, 0.29) is 29.7 Å². The van der Waals surface area contributed by atoms with Crippen LogP contribution in [0.15, 0.2) is 84.9 Å². The quantitative estimate of drug-likeness (QED) is 0.189. The maximum Gasteiger partial charge on any atom is 0.246 e. The van der Waals surface area contributed by atoms with Gasteiger partial charge in [0.2, 0.25) is 17.7 Å². The Balaban J connectivity index is 1.26. The van der Waals surface area contributed by atoms with Gasteiger partial charge in [-0.1, -0.05) is 72.8 Å². The first-order valence-corrected chi connectivity index (χ1v) is 17.0. The summed E-state index contributed by atoms with van der Waals surface area (Å²) in [7, 11) is 3.41. The normalized spacial score (nSPS) is 21.4. The molecule has 0 aliphatic carbocycles. The molecule has 0 spiro atoms. The topological polar surface area (TPSA) is 112 Å². The number of carbonyl (C=O) groups excluding carboxylic acids is 3. The van der Waals surface area contributed by atoms with Gasteiger partial charge >= 0.3 is 0 Å². The molecule has 0 bridgehead atoms. The molecule has 4 N–H and O–H groups in total. The van der Waals surface area contributed by atoms with Crippen molar-refractivity contribution < 1.29 is 19.1 Å². The Labute approximate surface area is 278 Å². The van der Waals surface area contributed by atoms with Gasteiger partial charge in [-0.25, -0.2) is 0 Å². The zero-order valence-corrected chi connectivity index (χ0v) is 27.6. The lowest BCUT2D eigenvalue weighted by molar-refractivity contribution is -0.143. The van der Waals surface area contributed by atoms with Crippen molar-refractivity contribution in [1.29, 1.82) is 0 Å². The number of methoxy groups -OCH3 is 1. The van der Waals surface area contributed by atoms with Crippen molar-refractivity contribution in [3.8, 4) is 5.75 Å². The van der Waals surface area contributed by atoms with Crippen LogP contribution in [0, 0.1) is 5.92 Å². The summed E-state index contributed by atoms with van der Waals surface area (Å²) in [5.41, 5.74) is 3.35. The fourth-order valence-electron chi connectivity index (χ4n) is 6.97. The summed E-state index contributed by atoms with van der Waals surface area (Å²) in [6.07, 6.45) is 4.97. The molecule has 3 amide bonds. The number of nitrogens with one attached hydrogen (secondary N) is 4. The monoisotopic (exact) mass is 639 g/mol. The molecule has 5 atom stereocenters. The van der Waals surface area contributed by atoms with E-state index in [1.807, 2.05) is 72.8 Å². The second kappa shape index (κ2) is 17.1. The summed E-state index contributed by atoms with van der Waals surface area (Å²) in [4.78, 5) is 43.5.